The molecule has 0 atom stereocenters. The smallest absolute Gasteiger partial charge is 0.293 e. The van der Waals surface area contributed by atoms with Crippen molar-refractivity contribution in [2.45, 2.75) is 0 Å². The average Bonchev–Trinajstić information content (AvgIpc) is 3.07. The predicted molar refractivity (Wildman–Crippen MR) is 177 cm³/mol. The molecule has 2 amide bonds. The van der Waals surface area contributed by atoms with Gasteiger partial charge in [-0.1, -0.05) is 6.07 Å². The van der Waals surface area contributed by atoms with Crippen LogP contribution in [-0.4, -0.2) is 86.3 Å². The highest BCUT2D eigenvalue weighted by Crippen LogP contribution is 2.30. The average molecular weight is 631 g/mol. The van der Waals surface area contributed by atoms with Gasteiger partial charge >= 0.3 is 0 Å². The fourth-order valence-electron chi connectivity index (χ4n) is 5.19. The van der Waals surface area contributed by atoms with E-state index < -0.39 is 10.8 Å². The summed E-state index contributed by atoms with van der Waals surface area (Å²) in [6.45, 7) is 4.82. The first-order chi connectivity index (χ1) is 21.8. The lowest BCUT2D eigenvalue weighted by Crippen LogP contribution is -2.48. The Bertz CT molecular complexity index is 1570. The lowest BCUT2D eigenvalue weighted by atomic mass is 10.1. The molecule has 0 aromatic heterocycles. The molecule has 0 bridgehead atoms. The number of hydrogen-bond donors (Lipinski definition) is 2. The zero-order valence-corrected chi connectivity index (χ0v) is 25.6. The Labute approximate surface area is 266 Å². The van der Waals surface area contributed by atoms with Gasteiger partial charge in [0.15, 0.2) is 5.11 Å². The first-order valence-corrected chi connectivity index (χ1v) is 14.9. The summed E-state index contributed by atoms with van der Waals surface area (Å²) >= 11 is 5.30. The lowest BCUT2D eigenvalue weighted by Gasteiger charge is -2.36. The molecule has 3 aromatic carbocycles. The van der Waals surface area contributed by atoms with Crippen LogP contribution in [0.1, 0.15) is 15.9 Å². The van der Waals surface area contributed by atoms with Crippen LogP contribution < -0.4 is 25.2 Å². The van der Waals surface area contributed by atoms with E-state index in [1.807, 2.05) is 34.1 Å². The Morgan fingerprint density at radius 1 is 0.933 bits per heavy atom. The van der Waals surface area contributed by atoms with E-state index >= 15 is 0 Å². The molecule has 2 aliphatic rings. The van der Waals surface area contributed by atoms with Gasteiger partial charge in [-0.15, -0.1) is 0 Å². The largest absolute Gasteiger partial charge is 0.497 e. The first-order valence-electron chi connectivity index (χ1n) is 14.5. The van der Waals surface area contributed by atoms with Crippen LogP contribution in [0.5, 0.6) is 5.75 Å². The summed E-state index contributed by atoms with van der Waals surface area (Å²) in [4.78, 5) is 42.6. The summed E-state index contributed by atoms with van der Waals surface area (Å²) in [5.74, 6) is 0.252. The highest BCUT2D eigenvalue weighted by atomic mass is 32.1. The van der Waals surface area contributed by atoms with Gasteiger partial charge in [-0.25, -0.2) is 0 Å². The van der Waals surface area contributed by atoms with Crippen LogP contribution in [0.2, 0.25) is 0 Å². The molecule has 0 spiro atoms. The van der Waals surface area contributed by atoms with Crippen LogP contribution >= 0.6 is 12.2 Å². The van der Waals surface area contributed by atoms with E-state index in [1.54, 1.807) is 43.5 Å². The third-order valence-electron chi connectivity index (χ3n) is 7.61. The molecule has 234 valence electrons. The Hall–Kier alpha value is -5.01. The fraction of sp³-hybridized carbons (Fsp3) is 0.281. The minimum atomic E-state index is -0.467. The van der Waals surface area contributed by atoms with E-state index in [2.05, 4.69) is 15.5 Å². The van der Waals surface area contributed by atoms with Gasteiger partial charge in [0.25, 0.3) is 11.6 Å². The van der Waals surface area contributed by atoms with E-state index in [0.29, 0.717) is 80.7 Å². The molecule has 5 rings (SSSR count). The topological polar surface area (TPSA) is 130 Å². The molecule has 2 fully saturated rings. The SMILES string of the molecule is COc1ccc(C(=O)N2CCN(c3ccc(NC(=S)NC(=O)/C=C/c4ccc(N5CCOCC5)c([N+](=O)[O-])c4)cc3)CC2)cc1. The molecule has 0 radical (unpaired) electrons. The van der Waals surface area contributed by atoms with Gasteiger partial charge in [0.05, 0.1) is 25.2 Å². The summed E-state index contributed by atoms with van der Waals surface area (Å²) in [5.41, 5.74) is 3.39. The van der Waals surface area contributed by atoms with Crippen LogP contribution in [0, 0.1) is 10.1 Å². The minimum Gasteiger partial charge on any atom is -0.497 e. The Morgan fingerprint density at radius 2 is 1.62 bits per heavy atom. The number of benzene rings is 3. The number of nitrogens with one attached hydrogen (secondary N) is 2. The van der Waals surface area contributed by atoms with Crippen molar-refractivity contribution in [3.05, 3.63) is 94.0 Å². The third kappa shape index (κ3) is 8.13. The van der Waals surface area contributed by atoms with Gasteiger partial charge in [-0.3, -0.25) is 25.0 Å². The number of thiocarbonyl (C=S) groups is 1. The van der Waals surface area contributed by atoms with Crippen LogP contribution in [0.15, 0.2) is 72.8 Å². The highest BCUT2D eigenvalue weighted by Gasteiger charge is 2.23. The van der Waals surface area contributed by atoms with E-state index in [9.17, 15) is 19.7 Å². The number of amides is 2. The second-order valence-electron chi connectivity index (χ2n) is 10.4. The second-order valence-corrected chi connectivity index (χ2v) is 10.8. The number of nitro benzene ring substituents is 1. The molecule has 2 saturated heterocycles. The first kappa shape index (κ1) is 31.4. The summed E-state index contributed by atoms with van der Waals surface area (Å²) in [6, 6.07) is 19.7. The van der Waals surface area contributed by atoms with Crippen molar-refractivity contribution in [1.29, 1.82) is 0 Å². The number of nitrogens with zero attached hydrogens (tertiary/aromatic N) is 4. The second kappa shape index (κ2) is 14.6. The van der Waals surface area contributed by atoms with Crippen molar-refractivity contribution in [2.75, 3.05) is 74.7 Å². The molecule has 2 heterocycles. The molecule has 12 nitrogen and oxygen atoms in total. The van der Waals surface area contributed by atoms with Crippen molar-refractivity contribution < 1.29 is 24.0 Å². The van der Waals surface area contributed by atoms with Crippen LogP contribution in [-0.2, 0) is 9.53 Å². The van der Waals surface area contributed by atoms with Gasteiger partial charge in [0.1, 0.15) is 11.4 Å². The molecule has 2 aliphatic heterocycles. The van der Waals surface area contributed by atoms with Crippen molar-refractivity contribution in [3.63, 3.8) is 0 Å². The van der Waals surface area contributed by atoms with E-state index in [-0.39, 0.29) is 16.7 Å². The number of hydrogen-bond acceptors (Lipinski definition) is 9. The predicted octanol–water partition coefficient (Wildman–Crippen LogP) is 3.93. The number of carbonyl (C=O) groups is 2. The minimum absolute atomic E-state index is 0.00486. The number of methoxy groups -OCH3 is 1. The van der Waals surface area contributed by atoms with Gasteiger partial charge in [-0.05, 0) is 78.5 Å². The number of morpholine rings is 1. The van der Waals surface area contributed by atoms with E-state index in [4.69, 9.17) is 21.7 Å². The summed E-state index contributed by atoms with van der Waals surface area (Å²) in [7, 11) is 1.59. The Morgan fingerprint density at radius 3 is 2.27 bits per heavy atom. The quantitative estimate of drug-likeness (QED) is 0.164. The number of piperazine rings is 1. The van der Waals surface area contributed by atoms with E-state index in [0.717, 1.165) is 5.69 Å². The van der Waals surface area contributed by atoms with E-state index in [1.165, 1.54) is 18.2 Å². The number of rotatable bonds is 8. The van der Waals surface area contributed by atoms with Crippen molar-refractivity contribution in [2.24, 2.45) is 0 Å². The van der Waals surface area contributed by atoms with Crippen LogP contribution in [0.4, 0.5) is 22.7 Å². The summed E-state index contributed by atoms with van der Waals surface area (Å²) in [5, 5.41) is 17.4. The molecular weight excluding hydrogens is 596 g/mol. The standard InChI is InChI=1S/C32H34N6O6S/c1-43-27-10-4-24(5-11-27)31(40)37-16-14-35(15-17-37)26-8-6-25(7-9-26)33-32(45)34-30(39)13-3-23-2-12-28(29(22-23)38(41)42)36-18-20-44-21-19-36/h2-13,22H,14-21H2,1H3,(H2,33,34,39,45)/b13-3+. The fourth-order valence-corrected chi connectivity index (χ4v) is 5.41. The maximum Gasteiger partial charge on any atom is 0.293 e. The van der Waals surface area contributed by atoms with Gasteiger partial charge in [0.2, 0.25) is 5.91 Å². The van der Waals surface area contributed by atoms with Gasteiger partial charge in [0, 0.05) is 68.3 Å². The lowest BCUT2D eigenvalue weighted by molar-refractivity contribution is -0.384. The molecule has 45 heavy (non-hydrogen) atoms. The van der Waals surface area contributed by atoms with Crippen LogP contribution in [0.3, 0.4) is 0 Å². The maximum absolute atomic E-state index is 12.9. The Kier molecular flexibility index (Phi) is 10.2. The summed E-state index contributed by atoms with van der Waals surface area (Å²) < 4.78 is 10.5. The molecule has 0 aliphatic carbocycles. The number of ether oxygens (including phenoxy) is 2. The normalized spacial score (nSPS) is 15.1. The molecule has 2 N–H and O–H groups in total. The van der Waals surface area contributed by atoms with Gasteiger partial charge < -0.3 is 29.5 Å². The molecule has 3 aromatic rings. The monoisotopic (exact) mass is 630 g/mol. The molecule has 0 unspecified atom stereocenters. The zero-order valence-electron chi connectivity index (χ0n) is 24.8. The maximum atomic E-state index is 12.9. The third-order valence-corrected chi connectivity index (χ3v) is 7.81. The van der Waals surface area contributed by atoms with Crippen molar-refractivity contribution in [3.8, 4) is 5.75 Å². The van der Waals surface area contributed by atoms with Crippen molar-refractivity contribution >= 4 is 58.0 Å². The van der Waals surface area contributed by atoms with Gasteiger partial charge in [-0.2, -0.15) is 0 Å². The molecule has 0 saturated carbocycles. The zero-order chi connectivity index (χ0) is 31.8. The summed E-state index contributed by atoms with van der Waals surface area (Å²) in [6.07, 6.45) is 2.79. The highest BCUT2D eigenvalue weighted by molar-refractivity contribution is 7.80. The molecule has 13 heteroatoms. The number of carbonyl (C=O) groups excluding carboxylic acids is 2. The molecular formula is C32H34N6O6S. The Balaban J connectivity index is 1.09. The van der Waals surface area contributed by atoms with Crippen LogP contribution in [0.25, 0.3) is 6.08 Å². The van der Waals surface area contributed by atoms with Crippen molar-refractivity contribution in [1.82, 2.24) is 10.2 Å². The number of nitro groups is 1. The number of anilines is 3.